The van der Waals surface area contributed by atoms with Gasteiger partial charge in [-0.25, -0.2) is 0 Å². The molecule has 2 aliphatic rings. The molecule has 0 bridgehead atoms. The second-order valence-corrected chi connectivity index (χ2v) is 8.59. The van der Waals surface area contributed by atoms with Gasteiger partial charge >= 0.3 is 0 Å². The number of hydrogen-bond donors (Lipinski definition) is 0. The van der Waals surface area contributed by atoms with Crippen LogP contribution in [0.25, 0.3) is 0 Å². The number of amides is 1. The van der Waals surface area contributed by atoms with Crippen molar-refractivity contribution in [2.75, 3.05) is 35.2 Å². The number of hydrogen-bond acceptors (Lipinski definition) is 5. The van der Waals surface area contributed by atoms with Crippen molar-refractivity contribution in [1.82, 2.24) is 14.8 Å². The van der Waals surface area contributed by atoms with E-state index in [9.17, 15) is 4.79 Å². The van der Waals surface area contributed by atoms with E-state index in [1.54, 1.807) is 0 Å². The molecule has 0 radical (unpaired) electrons. The van der Waals surface area contributed by atoms with Crippen LogP contribution in [0, 0.1) is 6.92 Å². The summed E-state index contributed by atoms with van der Waals surface area (Å²) in [6, 6.07) is 8.56. The quantitative estimate of drug-likeness (QED) is 0.657. The van der Waals surface area contributed by atoms with E-state index in [0.717, 1.165) is 35.4 Å². The van der Waals surface area contributed by atoms with Crippen LogP contribution in [0.3, 0.4) is 0 Å². The topological polar surface area (TPSA) is 54.3 Å². The molecular formula is C21H29N5OS. The molecule has 6 nitrogen and oxygen atoms in total. The second-order valence-electron chi connectivity index (χ2n) is 7.64. The summed E-state index contributed by atoms with van der Waals surface area (Å²) in [7, 11) is 0. The van der Waals surface area contributed by atoms with E-state index in [4.69, 9.17) is 0 Å². The molecule has 28 heavy (non-hydrogen) atoms. The van der Waals surface area contributed by atoms with Crippen LogP contribution < -0.4 is 9.80 Å². The molecule has 0 spiro atoms. The van der Waals surface area contributed by atoms with E-state index in [-0.39, 0.29) is 5.91 Å². The van der Waals surface area contributed by atoms with Gasteiger partial charge in [0.15, 0.2) is 5.16 Å². The SMILES string of the molecule is CCN(C(=O)CSc1nnc(N2CCCCC2)n1C1CC1)c1ccccc1C. The molecule has 1 saturated carbocycles. The van der Waals surface area contributed by atoms with Gasteiger partial charge < -0.3 is 9.80 Å². The van der Waals surface area contributed by atoms with Gasteiger partial charge in [0.05, 0.1) is 5.75 Å². The molecule has 7 heteroatoms. The standard InChI is InChI=1S/C21H29N5OS/c1-3-25(18-10-6-5-9-16(18)2)19(27)15-28-21-23-22-20(26(21)17-11-12-17)24-13-7-4-8-14-24/h5-6,9-10,17H,3-4,7-8,11-15H2,1-2H3. The number of rotatable bonds is 7. The summed E-state index contributed by atoms with van der Waals surface area (Å²) in [6.45, 7) is 6.86. The molecule has 2 fully saturated rings. The van der Waals surface area contributed by atoms with Crippen molar-refractivity contribution in [2.24, 2.45) is 0 Å². The van der Waals surface area contributed by atoms with Gasteiger partial charge in [-0.1, -0.05) is 30.0 Å². The predicted octanol–water partition coefficient (Wildman–Crippen LogP) is 4.06. The third kappa shape index (κ3) is 4.04. The summed E-state index contributed by atoms with van der Waals surface area (Å²) in [6.07, 6.45) is 6.12. The van der Waals surface area contributed by atoms with Gasteiger partial charge in [-0.15, -0.1) is 10.2 Å². The van der Waals surface area contributed by atoms with Gasteiger partial charge in [-0.2, -0.15) is 0 Å². The second kappa shape index (κ2) is 8.55. The lowest BCUT2D eigenvalue weighted by Crippen LogP contribution is -2.33. The van der Waals surface area contributed by atoms with Crippen molar-refractivity contribution < 1.29 is 4.79 Å². The molecule has 150 valence electrons. The summed E-state index contributed by atoms with van der Waals surface area (Å²) < 4.78 is 2.29. The summed E-state index contributed by atoms with van der Waals surface area (Å²) in [4.78, 5) is 17.2. The Morgan fingerprint density at radius 3 is 2.61 bits per heavy atom. The first-order valence-electron chi connectivity index (χ1n) is 10.4. The van der Waals surface area contributed by atoms with E-state index in [1.807, 2.05) is 43.0 Å². The normalized spacial score (nSPS) is 17.0. The van der Waals surface area contributed by atoms with Gasteiger partial charge in [0.2, 0.25) is 11.9 Å². The molecule has 4 rings (SSSR count). The van der Waals surface area contributed by atoms with Crippen molar-refractivity contribution in [3.8, 4) is 0 Å². The number of aryl methyl sites for hydroxylation is 1. The lowest BCUT2D eigenvalue weighted by atomic mass is 10.1. The summed E-state index contributed by atoms with van der Waals surface area (Å²) >= 11 is 1.52. The molecule has 1 saturated heterocycles. The van der Waals surface area contributed by atoms with E-state index in [1.165, 1.54) is 43.9 Å². The molecule has 1 aromatic carbocycles. The molecule has 1 aliphatic carbocycles. The van der Waals surface area contributed by atoms with Gasteiger partial charge in [0.1, 0.15) is 0 Å². The third-order valence-corrected chi connectivity index (χ3v) is 6.47. The number of aromatic nitrogens is 3. The molecule has 1 aliphatic heterocycles. The van der Waals surface area contributed by atoms with E-state index in [2.05, 4.69) is 19.7 Å². The first-order valence-corrected chi connectivity index (χ1v) is 11.4. The minimum absolute atomic E-state index is 0.117. The number of piperidine rings is 1. The highest BCUT2D eigenvalue weighted by Crippen LogP contribution is 2.41. The molecule has 0 atom stereocenters. The zero-order chi connectivity index (χ0) is 19.5. The van der Waals surface area contributed by atoms with E-state index in [0.29, 0.717) is 18.3 Å². The highest BCUT2D eigenvalue weighted by Gasteiger charge is 2.32. The fourth-order valence-electron chi connectivity index (χ4n) is 3.88. The van der Waals surface area contributed by atoms with Crippen LogP contribution in [0.1, 0.15) is 50.6 Å². The van der Waals surface area contributed by atoms with Crippen LogP contribution in [0.2, 0.25) is 0 Å². The molecule has 1 aromatic heterocycles. The van der Waals surface area contributed by atoms with Crippen molar-refractivity contribution in [3.63, 3.8) is 0 Å². The fourth-order valence-corrected chi connectivity index (χ4v) is 4.76. The number of carbonyl (C=O) groups excluding carboxylic acids is 1. The molecule has 1 amide bonds. The van der Waals surface area contributed by atoms with Crippen molar-refractivity contribution in [1.29, 1.82) is 0 Å². The Hall–Kier alpha value is -2.02. The number of thioether (sulfide) groups is 1. The summed E-state index contributed by atoms with van der Waals surface area (Å²) in [5, 5.41) is 9.86. The number of anilines is 2. The Morgan fingerprint density at radius 2 is 1.93 bits per heavy atom. The van der Waals surface area contributed by atoms with Gasteiger partial charge in [-0.05, 0) is 57.6 Å². The molecule has 0 N–H and O–H groups in total. The van der Waals surface area contributed by atoms with Gasteiger partial charge in [0.25, 0.3) is 0 Å². The van der Waals surface area contributed by atoms with E-state index >= 15 is 0 Å². The third-order valence-electron chi connectivity index (χ3n) is 5.55. The Bertz CT molecular complexity index is 826. The Balaban J connectivity index is 1.48. The zero-order valence-electron chi connectivity index (χ0n) is 16.8. The first-order chi connectivity index (χ1) is 13.7. The number of carbonyl (C=O) groups is 1. The van der Waals surface area contributed by atoms with Crippen LogP contribution in [0.15, 0.2) is 29.4 Å². The van der Waals surface area contributed by atoms with Crippen molar-refractivity contribution in [2.45, 2.75) is 57.1 Å². The highest BCUT2D eigenvalue weighted by atomic mass is 32.2. The highest BCUT2D eigenvalue weighted by molar-refractivity contribution is 7.99. The average molecular weight is 400 g/mol. The monoisotopic (exact) mass is 399 g/mol. The largest absolute Gasteiger partial charge is 0.341 e. The fraction of sp³-hybridized carbons (Fsp3) is 0.571. The maximum atomic E-state index is 12.9. The average Bonchev–Trinajstić information content (AvgIpc) is 3.48. The van der Waals surface area contributed by atoms with Crippen LogP contribution in [0.4, 0.5) is 11.6 Å². The minimum Gasteiger partial charge on any atom is -0.341 e. The van der Waals surface area contributed by atoms with Crippen LogP contribution in [-0.4, -0.2) is 46.1 Å². The lowest BCUT2D eigenvalue weighted by Gasteiger charge is -2.28. The molecular weight excluding hydrogens is 370 g/mol. The van der Waals surface area contributed by atoms with Gasteiger partial charge in [-0.3, -0.25) is 9.36 Å². The van der Waals surface area contributed by atoms with E-state index < -0.39 is 0 Å². The summed E-state index contributed by atoms with van der Waals surface area (Å²) in [5.74, 6) is 1.50. The smallest absolute Gasteiger partial charge is 0.237 e. The summed E-state index contributed by atoms with van der Waals surface area (Å²) in [5.41, 5.74) is 2.12. The molecule has 0 unspecified atom stereocenters. The van der Waals surface area contributed by atoms with Crippen LogP contribution >= 0.6 is 11.8 Å². The lowest BCUT2D eigenvalue weighted by molar-refractivity contribution is -0.116. The minimum atomic E-state index is 0.117. The Kier molecular flexibility index (Phi) is 5.90. The van der Waals surface area contributed by atoms with Crippen molar-refractivity contribution in [3.05, 3.63) is 29.8 Å². The molecule has 2 aromatic rings. The number of nitrogens with zero attached hydrogens (tertiary/aromatic N) is 5. The first kappa shape index (κ1) is 19.3. The van der Waals surface area contributed by atoms with Crippen molar-refractivity contribution >= 4 is 29.3 Å². The maximum Gasteiger partial charge on any atom is 0.237 e. The van der Waals surface area contributed by atoms with Gasteiger partial charge in [0, 0.05) is 31.4 Å². The number of para-hydroxylation sites is 1. The Morgan fingerprint density at radius 1 is 1.18 bits per heavy atom. The van der Waals surface area contributed by atoms with Crippen LogP contribution in [0.5, 0.6) is 0 Å². The maximum absolute atomic E-state index is 12.9. The number of benzene rings is 1. The Labute approximate surface area is 171 Å². The van der Waals surface area contributed by atoms with Crippen LogP contribution in [-0.2, 0) is 4.79 Å². The zero-order valence-corrected chi connectivity index (χ0v) is 17.6. The molecule has 2 heterocycles. The predicted molar refractivity (Wildman–Crippen MR) is 114 cm³/mol.